The number of phenols is 1. The van der Waals surface area contributed by atoms with E-state index in [4.69, 9.17) is 16.1 Å². The van der Waals surface area contributed by atoms with Crippen LogP contribution in [0.3, 0.4) is 0 Å². The molecule has 4 rings (SSSR count). The smallest absolute Gasteiger partial charge is 0.127 e. The van der Waals surface area contributed by atoms with Gasteiger partial charge in [0.2, 0.25) is 0 Å². The third-order valence-electron chi connectivity index (χ3n) is 4.85. The number of pyridine rings is 1. The Labute approximate surface area is 144 Å². The molecule has 0 fully saturated rings. The molecule has 126 valence electrons. The van der Waals surface area contributed by atoms with Gasteiger partial charge in [-0.25, -0.2) is 9.37 Å². The average molecular weight is 335 g/mol. The van der Waals surface area contributed by atoms with Gasteiger partial charge in [-0.15, -0.1) is 0 Å². The predicted molar refractivity (Wildman–Crippen MR) is 97.7 cm³/mol. The molecule has 0 saturated heterocycles. The van der Waals surface area contributed by atoms with Crippen LogP contribution in [0.25, 0.3) is 22.2 Å². The Kier molecular flexibility index (Phi) is 3.64. The second-order valence-corrected chi connectivity index (χ2v) is 6.43. The molecule has 1 heterocycles. The van der Waals surface area contributed by atoms with Gasteiger partial charge in [0, 0.05) is 34.5 Å². The van der Waals surface area contributed by atoms with E-state index in [1.807, 2.05) is 6.07 Å². The standard InChI is InChI=1S/C20H18FN3O/c21-12-7-11(8-13(25)9-12)20-15-4-2-1-3-14(15)19-16(10-22)17(23)5-6-18(19)24-20/h5-10,22,25H,1-4,23H2. The third-order valence-corrected chi connectivity index (χ3v) is 4.85. The first-order chi connectivity index (χ1) is 12.1. The van der Waals surface area contributed by atoms with E-state index in [-0.39, 0.29) is 5.75 Å². The molecule has 25 heavy (non-hydrogen) atoms. The Hall–Kier alpha value is -2.95. The highest BCUT2D eigenvalue weighted by atomic mass is 19.1. The molecule has 4 N–H and O–H groups in total. The molecule has 0 amide bonds. The van der Waals surface area contributed by atoms with Gasteiger partial charge in [-0.05, 0) is 61.1 Å². The van der Waals surface area contributed by atoms with Crippen molar-refractivity contribution in [1.29, 1.82) is 5.41 Å². The molecular weight excluding hydrogens is 317 g/mol. The topological polar surface area (TPSA) is 83.0 Å². The van der Waals surface area contributed by atoms with Crippen LogP contribution in [0.1, 0.15) is 29.5 Å². The van der Waals surface area contributed by atoms with Crippen molar-refractivity contribution in [2.24, 2.45) is 0 Å². The number of rotatable bonds is 2. The number of halogens is 1. The molecule has 0 unspecified atom stereocenters. The molecule has 2 aromatic carbocycles. The zero-order chi connectivity index (χ0) is 17.6. The molecular formula is C20H18FN3O. The number of hydrogen-bond donors (Lipinski definition) is 3. The molecule has 0 aliphatic heterocycles. The first kappa shape index (κ1) is 15.6. The SMILES string of the molecule is N=Cc1c(N)ccc2nc(-c3cc(O)cc(F)c3)c3c(c12)CCCC3. The number of hydrogen-bond acceptors (Lipinski definition) is 4. The number of aromatic nitrogens is 1. The van der Waals surface area contributed by atoms with Gasteiger partial charge in [-0.2, -0.15) is 0 Å². The summed E-state index contributed by atoms with van der Waals surface area (Å²) in [6.45, 7) is 0. The molecule has 0 spiro atoms. The monoisotopic (exact) mass is 335 g/mol. The number of aryl methyl sites for hydroxylation is 1. The van der Waals surface area contributed by atoms with E-state index >= 15 is 0 Å². The van der Waals surface area contributed by atoms with E-state index in [2.05, 4.69) is 0 Å². The number of nitrogens with two attached hydrogens (primary N) is 1. The van der Waals surface area contributed by atoms with Crippen LogP contribution >= 0.6 is 0 Å². The van der Waals surface area contributed by atoms with E-state index in [1.54, 1.807) is 12.1 Å². The quantitative estimate of drug-likeness (QED) is 0.485. The predicted octanol–water partition coefficient (Wildman–Crippen LogP) is 4.21. The van der Waals surface area contributed by atoms with Crippen LogP contribution in [0, 0.1) is 11.2 Å². The van der Waals surface area contributed by atoms with E-state index in [0.717, 1.165) is 53.8 Å². The summed E-state index contributed by atoms with van der Waals surface area (Å²) in [5.41, 5.74) is 11.5. The molecule has 5 heteroatoms. The Bertz CT molecular complexity index is 993. The number of aromatic hydroxyl groups is 1. The molecule has 0 radical (unpaired) electrons. The summed E-state index contributed by atoms with van der Waals surface area (Å²) in [6.07, 6.45) is 5.11. The number of nitrogen functional groups attached to an aromatic ring is 1. The van der Waals surface area contributed by atoms with Gasteiger partial charge in [0.25, 0.3) is 0 Å². The molecule has 0 bridgehead atoms. The first-order valence-electron chi connectivity index (χ1n) is 8.33. The van der Waals surface area contributed by atoms with Crippen LogP contribution in [-0.2, 0) is 12.8 Å². The van der Waals surface area contributed by atoms with Crippen LogP contribution < -0.4 is 5.73 Å². The fraction of sp³-hybridized carbons (Fsp3) is 0.200. The van der Waals surface area contributed by atoms with Gasteiger partial charge < -0.3 is 16.2 Å². The minimum absolute atomic E-state index is 0.112. The lowest BCUT2D eigenvalue weighted by atomic mass is 9.85. The third kappa shape index (κ3) is 2.52. The van der Waals surface area contributed by atoms with E-state index in [0.29, 0.717) is 22.5 Å². The molecule has 1 aliphatic carbocycles. The summed E-state index contributed by atoms with van der Waals surface area (Å²) in [5.74, 6) is -0.599. The van der Waals surface area contributed by atoms with Gasteiger partial charge in [-0.3, -0.25) is 0 Å². The maximum atomic E-state index is 13.8. The molecule has 4 nitrogen and oxygen atoms in total. The van der Waals surface area contributed by atoms with Crippen LogP contribution in [0.4, 0.5) is 10.1 Å². The molecule has 0 atom stereocenters. The molecule has 3 aromatic rings. The minimum Gasteiger partial charge on any atom is -0.508 e. The van der Waals surface area contributed by atoms with Gasteiger partial charge in [-0.1, -0.05) is 0 Å². The lowest BCUT2D eigenvalue weighted by Crippen LogP contribution is -2.09. The van der Waals surface area contributed by atoms with Crippen molar-refractivity contribution >= 4 is 22.8 Å². The molecule has 1 aromatic heterocycles. The lowest BCUT2D eigenvalue weighted by molar-refractivity contribution is 0.469. The van der Waals surface area contributed by atoms with E-state index in [1.165, 1.54) is 12.3 Å². The number of nitrogens with zero attached hydrogens (tertiary/aromatic N) is 1. The number of benzene rings is 2. The number of anilines is 1. The van der Waals surface area contributed by atoms with Crippen molar-refractivity contribution < 1.29 is 9.50 Å². The van der Waals surface area contributed by atoms with Gasteiger partial charge in [0.15, 0.2) is 0 Å². The fourth-order valence-corrected chi connectivity index (χ4v) is 3.77. The largest absolute Gasteiger partial charge is 0.508 e. The Balaban J connectivity index is 2.10. The zero-order valence-electron chi connectivity index (χ0n) is 13.6. The fourth-order valence-electron chi connectivity index (χ4n) is 3.77. The Morgan fingerprint density at radius 3 is 2.60 bits per heavy atom. The second kappa shape index (κ2) is 5.84. The average Bonchev–Trinajstić information content (AvgIpc) is 2.60. The van der Waals surface area contributed by atoms with Crippen molar-refractivity contribution in [2.75, 3.05) is 5.73 Å². The maximum absolute atomic E-state index is 13.8. The highest BCUT2D eigenvalue weighted by Gasteiger charge is 2.22. The van der Waals surface area contributed by atoms with Crippen LogP contribution in [0.15, 0.2) is 30.3 Å². The lowest BCUT2D eigenvalue weighted by Gasteiger charge is -2.23. The minimum atomic E-state index is -0.487. The number of phenolic OH excluding ortho intramolecular Hbond substituents is 1. The van der Waals surface area contributed by atoms with Crippen molar-refractivity contribution in [3.8, 4) is 17.0 Å². The summed E-state index contributed by atoms with van der Waals surface area (Å²) in [5, 5.41) is 18.4. The van der Waals surface area contributed by atoms with Gasteiger partial charge >= 0.3 is 0 Å². The number of nitrogens with one attached hydrogen (secondary N) is 1. The summed E-state index contributed by atoms with van der Waals surface area (Å²) >= 11 is 0. The molecule has 0 saturated carbocycles. The summed E-state index contributed by atoms with van der Waals surface area (Å²) < 4.78 is 13.8. The van der Waals surface area contributed by atoms with Crippen molar-refractivity contribution in [2.45, 2.75) is 25.7 Å². The summed E-state index contributed by atoms with van der Waals surface area (Å²) in [6, 6.07) is 7.62. The van der Waals surface area contributed by atoms with Crippen molar-refractivity contribution in [1.82, 2.24) is 4.98 Å². The van der Waals surface area contributed by atoms with Crippen LogP contribution in [-0.4, -0.2) is 16.3 Å². The summed E-state index contributed by atoms with van der Waals surface area (Å²) in [4.78, 5) is 4.75. The number of fused-ring (bicyclic) bond motifs is 3. The van der Waals surface area contributed by atoms with E-state index in [9.17, 15) is 9.50 Å². The summed E-state index contributed by atoms with van der Waals surface area (Å²) in [7, 11) is 0. The normalized spacial score (nSPS) is 13.6. The second-order valence-electron chi connectivity index (χ2n) is 6.43. The van der Waals surface area contributed by atoms with Crippen molar-refractivity contribution in [3.63, 3.8) is 0 Å². The van der Waals surface area contributed by atoms with Gasteiger partial charge in [0.1, 0.15) is 11.6 Å². The molecule has 1 aliphatic rings. The van der Waals surface area contributed by atoms with Gasteiger partial charge in [0.05, 0.1) is 11.2 Å². The first-order valence-corrected chi connectivity index (χ1v) is 8.33. The Morgan fingerprint density at radius 1 is 1.12 bits per heavy atom. The highest BCUT2D eigenvalue weighted by molar-refractivity contribution is 6.05. The van der Waals surface area contributed by atoms with Crippen LogP contribution in [0.2, 0.25) is 0 Å². The van der Waals surface area contributed by atoms with Crippen molar-refractivity contribution in [3.05, 3.63) is 52.8 Å². The Morgan fingerprint density at radius 2 is 1.88 bits per heavy atom. The zero-order valence-corrected chi connectivity index (χ0v) is 13.6. The van der Waals surface area contributed by atoms with E-state index < -0.39 is 5.82 Å². The highest BCUT2D eigenvalue weighted by Crippen LogP contribution is 2.38. The van der Waals surface area contributed by atoms with Crippen LogP contribution in [0.5, 0.6) is 5.75 Å². The maximum Gasteiger partial charge on any atom is 0.127 e.